The van der Waals surface area contributed by atoms with Gasteiger partial charge in [0, 0.05) is 37.6 Å². The van der Waals surface area contributed by atoms with E-state index in [0.29, 0.717) is 36.8 Å². The highest BCUT2D eigenvalue weighted by Crippen LogP contribution is 2.54. The molecule has 15 nitrogen and oxygen atoms in total. The zero-order valence-electron chi connectivity index (χ0n) is 37.5. The predicted molar refractivity (Wildman–Crippen MR) is 245 cm³/mol. The highest BCUT2D eigenvalue weighted by molar-refractivity contribution is 6.07. The maximum atomic E-state index is 14.4. The van der Waals surface area contributed by atoms with Crippen LogP contribution in [-0.4, -0.2) is 102 Å². The highest BCUT2D eigenvalue weighted by Gasteiger charge is 2.56. The normalized spacial score (nSPS) is 22.0. The zero-order chi connectivity index (χ0) is 46.7. The molecule has 5 aromatic rings. The van der Waals surface area contributed by atoms with Crippen LogP contribution in [0.25, 0.3) is 33.2 Å². The molecule has 350 valence electrons. The number of nitrogens with zero attached hydrogens (tertiary/aromatic N) is 4. The quantitative estimate of drug-likeness (QED) is 0.111. The molecule has 5 aliphatic rings. The number of likely N-dealkylation sites (tertiary alicyclic amines) is 2. The molecular weight excluding hydrogens is 865 g/mol. The molecule has 0 radical (unpaired) electrons. The average molecular weight is 918 g/mol. The summed E-state index contributed by atoms with van der Waals surface area (Å²) in [7, 11) is 2.51. The van der Waals surface area contributed by atoms with E-state index < -0.39 is 48.7 Å². The smallest absolute Gasteiger partial charge is 0.407 e. The molecule has 2 saturated heterocycles. The van der Waals surface area contributed by atoms with Crippen LogP contribution in [0.2, 0.25) is 0 Å². The molecule has 4 aromatic carbocycles. The maximum absolute atomic E-state index is 14.4. The summed E-state index contributed by atoms with van der Waals surface area (Å²) in [5.41, 5.74) is 7.75. The van der Waals surface area contributed by atoms with E-state index >= 15 is 0 Å². The summed E-state index contributed by atoms with van der Waals surface area (Å²) in [6, 6.07) is 20.8. The van der Waals surface area contributed by atoms with Gasteiger partial charge in [0.1, 0.15) is 30.3 Å². The van der Waals surface area contributed by atoms with E-state index in [9.17, 15) is 28.0 Å². The first-order valence-corrected chi connectivity index (χ1v) is 22.6. The number of hydrogen-bond acceptors (Lipinski definition) is 10. The van der Waals surface area contributed by atoms with Gasteiger partial charge in [-0.05, 0) is 94.0 Å². The van der Waals surface area contributed by atoms with Gasteiger partial charge >= 0.3 is 18.8 Å². The van der Waals surface area contributed by atoms with Crippen LogP contribution in [0.1, 0.15) is 69.1 Å². The van der Waals surface area contributed by atoms with Crippen LogP contribution < -0.4 is 15.4 Å². The number of aliphatic imine (C=N–C) groups is 1. The number of carbonyl (C=O) groups is 4. The minimum absolute atomic E-state index is 0. The predicted octanol–water partition coefficient (Wildman–Crippen LogP) is 8.26. The summed E-state index contributed by atoms with van der Waals surface area (Å²) in [5.74, 6) is 0.779. The lowest BCUT2D eigenvalue weighted by Gasteiger charge is -2.31. The number of aromatic nitrogens is 2. The van der Waals surface area contributed by atoms with E-state index in [4.69, 9.17) is 28.9 Å². The van der Waals surface area contributed by atoms with Gasteiger partial charge in [0.15, 0.2) is 0 Å². The Morgan fingerprint density at radius 1 is 0.910 bits per heavy atom. The molecule has 0 bridgehead atoms. The van der Waals surface area contributed by atoms with Crippen LogP contribution in [0.5, 0.6) is 5.75 Å². The van der Waals surface area contributed by atoms with Gasteiger partial charge in [-0.3, -0.25) is 14.6 Å². The number of benzene rings is 4. The Balaban J connectivity index is 0.00000578. The van der Waals surface area contributed by atoms with Gasteiger partial charge in [-0.15, -0.1) is 0 Å². The third-order valence-corrected chi connectivity index (χ3v) is 13.9. The van der Waals surface area contributed by atoms with Crippen LogP contribution in [0.4, 0.5) is 24.1 Å². The molecule has 1 saturated carbocycles. The number of halogens is 2. The number of rotatable bonds is 12. The number of ether oxygens (including phenoxy) is 4. The first-order valence-electron chi connectivity index (χ1n) is 22.6. The van der Waals surface area contributed by atoms with Crippen LogP contribution in [0.3, 0.4) is 0 Å². The average Bonchev–Trinajstić information content (AvgIpc) is 3.81. The summed E-state index contributed by atoms with van der Waals surface area (Å²) >= 11 is 0. The summed E-state index contributed by atoms with van der Waals surface area (Å²) in [6.45, 7) is 1.09. The summed E-state index contributed by atoms with van der Waals surface area (Å²) in [5, 5.41) is 7.34. The number of aromatic amines is 1. The van der Waals surface area contributed by atoms with Crippen LogP contribution in [-0.2, 0) is 36.8 Å². The monoisotopic (exact) mass is 917 g/mol. The number of imidazole rings is 1. The van der Waals surface area contributed by atoms with Crippen molar-refractivity contribution >= 4 is 46.2 Å². The van der Waals surface area contributed by atoms with Crippen molar-refractivity contribution in [2.75, 3.05) is 27.4 Å². The van der Waals surface area contributed by atoms with Crippen LogP contribution in [0.15, 0.2) is 84.0 Å². The van der Waals surface area contributed by atoms with Gasteiger partial charge < -0.3 is 44.4 Å². The number of alkyl carbamates (subject to hydrolysis) is 2. The van der Waals surface area contributed by atoms with Gasteiger partial charge in [0.2, 0.25) is 11.8 Å². The minimum atomic E-state index is -2.95. The maximum Gasteiger partial charge on any atom is 0.407 e. The Bertz CT molecular complexity index is 2810. The Morgan fingerprint density at radius 3 is 2.46 bits per heavy atom. The fourth-order valence-corrected chi connectivity index (χ4v) is 10.5. The van der Waals surface area contributed by atoms with Gasteiger partial charge in [-0.25, -0.2) is 14.6 Å². The molecule has 17 heteroatoms. The van der Waals surface area contributed by atoms with Crippen LogP contribution >= 0.6 is 0 Å². The lowest BCUT2D eigenvalue weighted by molar-refractivity contribution is -0.139. The van der Waals surface area contributed by atoms with Gasteiger partial charge in [0.05, 0.1) is 50.5 Å². The van der Waals surface area contributed by atoms with Crippen molar-refractivity contribution < 1.29 is 48.3 Å². The van der Waals surface area contributed by atoms with E-state index in [2.05, 4.69) is 39.9 Å². The third-order valence-electron chi connectivity index (χ3n) is 13.9. The number of H-pyrrole nitrogens is 1. The molecule has 3 N–H and O–H groups in total. The van der Waals surface area contributed by atoms with Gasteiger partial charge in [-0.1, -0.05) is 62.4 Å². The van der Waals surface area contributed by atoms with Crippen molar-refractivity contribution in [1.82, 2.24) is 30.4 Å². The molecular formula is C50H53F2N7O8. The standard InChI is InChI=1S/C50H51F2N7O8.H2/c1-25(2)43(56-49(62)64-3)47(61)59-39-17-30(39)18-41(59)45-53-21-38(55-45)29-10-12-32-31(15-29)24-66-42-20-33-28(16-35(32)42)11-13-36-34(33)19-37(54-36)40-14-26(23-67-48(51)52)22-58(40)46(60)44(57-50(63)65-4)27-8-6-5-7-9-27;/h5-13,15-16,20-21,25-26,30,39-41,43-44,48H,14,17-19,22-24H2,1-4H3,(H,53,55)(H,56,62)(H,57,63);1H/t26-,30+,39+,40-,41?,43-,44+;/m0./s1. The Kier molecular flexibility index (Phi) is 11.6. The Morgan fingerprint density at radius 2 is 1.70 bits per heavy atom. The molecule has 1 aliphatic carbocycles. The first kappa shape index (κ1) is 44.0. The topological polar surface area (TPSA) is 177 Å². The fraction of sp³-hybridized carbons (Fsp3) is 0.400. The lowest BCUT2D eigenvalue weighted by atomic mass is 9.90. The largest absolute Gasteiger partial charge is 0.488 e. The Labute approximate surface area is 386 Å². The number of nitrogens with one attached hydrogen (secondary N) is 3. The van der Waals surface area contributed by atoms with E-state index in [1.807, 2.05) is 36.9 Å². The summed E-state index contributed by atoms with van der Waals surface area (Å²) < 4.78 is 47.3. The molecule has 1 unspecified atom stereocenters. The number of amides is 4. The van der Waals surface area contributed by atoms with E-state index in [0.717, 1.165) is 74.3 Å². The third kappa shape index (κ3) is 8.34. The van der Waals surface area contributed by atoms with Gasteiger partial charge in [0.25, 0.3) is 0 Å². The number of fused-ring (bicyclic) bond motifs is 7. The molecule has 4 aliphatic heterocycles. The molecule has 5 heterocycles. The van der Waals surface area contributed by atoms with Gasteiger partial charge in [-0.2, -0.15) is 8.78 Å². The fourth-order valence-electron chi connectivity index (χ4n) is 10.5. The molecule has 1 aromatic heterocycles. The summed E-state index contributed by atoms with van der Waals surface area (Å²) in [6.07, 6.45) is 2.91. The summed E-state index contributed by atoms with van der Waals surface area (Å²) in [4.78, 5) is 69.8. The van der Waals surface area contributed by atoms with E-state index in [-0.39, 0.29) is 38.5 Å². The van der Waals surface area contributed by atoms with Crippen molar-refractivity contribution in [1.29, 1.82) is 0 Å². The molecule has 7 atom stereocenters. The molecule has 0 spiro atoms. The second-order valence-corrected chi connectivity index (χ2v) is 18.4. The minimum Gasteiger partial charge on any atom is -0.488 e. The van der Waals surface area contributed by atoms with E-state index in [1.54, 1.807) is 41.4 Å². The van der Waals surface area contributed by atoms with Crippen molar-refractivity contribution in [3.63, 3.8) is 0 Å². The second-order valence-electron chi connectivity index (χ2n) is 18.4. The highest BCUT2D eigenvalue weighted by atomic mass is 19.3. The van der Waals surface area contributed by atoms with E-state index in [1.165, 1.54) is 14.2 Å². The SMILES string of the molecule is COC(=O)N[C@H](C(=O)N1C(c2ncc(-c3ccc4c(c3)COc3cc5c6c(ccc5cc3-4)N=C([C@@H]3C[C@H](COC(F)F)CN3C(=O)[C@H](NC(=O)OC)c3ccccc3)C6)[nH]2)C[C@H]2C[C@H]21)C(C)C.[HH]. The first-order chi connectivity index (χ1) is 32.4. The number of hydrogen-bond donors (Lipinski definition) is 3. The van der Waals surface area contributed by atoms with Crippen molar-refractivity contribution in [3.05, 3.63) is 102 Å². The van der Waals surface area contributed by atoms with Crippen molar-refractivity contribution in [2.45, 2.75) is 83.0 Å². The molecule has 4 amide bonds. The van der Waals surface area contributed by atoms with Crippen molar-refractivity contribution in [2.24, 2.45) is 22.7 Å². The zero-order valence-corrected chi connectivity index (χ0v) is 37.5. The molecule has 10 rings (SSSR count). The lowest BCUT2D eigenvalue weighted by Crippen LogP contribution is -2.52. The number of methoxy groups -OCH3 is 2. The second kappa shape index (κ2) is 17.7. The van der Waals surface area contributed by atoms with Crippen LogP contribution in [0, 0.1) is 17.8 Å². The number of carbonyl (C=O) groups excluding carboxylic acids is 4. The molecule has 67 heavy (non-hydrogen) atoms. The molecule has 3 fully saturated rings. The number of piperidine rings is 1. The Hall–Kier alpha value is -6.88. The number of alkyl halides is 2. The van der Waals surface area contributed by atoms with Crippen molar-refractivity contribution in [3.8, 4) is 28.1 Å².